The van der Waals surface area contributed by atoms with Crippen molar-refractivity contribution in [3.05, 3.63) is 66.3 Å². The minimum atomic E-state index is -3.79. The minimum absolute atomic E-state index is 0.0520. The van der Waals surface area contributed by atoms with Gasteiger partial charge in [0.15, 0.2) is 16.7 Å². The van der Waals surface area contributed by atoms with E-state index in [4.69, 9.17) is 9.56 Å². The van der Waals surface area contributed by atoms with Crippen LogP contribution in [0.5, 0.6) is 0 Å². The van der Waals surface area contributed by atoms with Crippen LogP contribution in [0.4, 0.5) is 0 Å². The van der Waals surface area contributed by atoms with Crippen molar-refractivity contribution >= 4 is 10.0 Å². The molecule has 2 heterocycles. The second kappa shape index (κ2) is 5.75. The van der Waals surface area contributed by atoms with Gasteiger partial charge in [0.2, 0.25) is 0 Å². The molecule has 1 aromatic carbocycles. The molecular formula is C19H19N3O3S. The van der Waals surface area contributed by atoms with Crippen LogP contribution in [0.15, 0.2) is 64.3 Å². The van der Waals surface area contributed by atoms with Crippen molar-refractivity contribution in [3.8, 4) is 11.3 Å². The Morgan fingerprint density at radius 3 is 2.35 bits per heavy atom. The Labute approximate surface area is 152 Å². The number of nitrogens with zero attached hydrogens (tertiary/aromatic N) is 2. The summed E-state index contributed by atoms with van der Waals surface area (Å²) >= 11 is 0. The smallest absolute Gasteiger partial charge is 0.255 e. The van der Waals surface area contributed by atoms with Crippen LogP contribution in [-0.4, -0.2) is 18.4 Å². The third-order valence-electron chi connectivity index (χ3n) is 5.09. The number of oxazole rings is 1. The van der Waals surface area contributed by atoms with Gasteiger partial charge in [0.25, 0.3) is 10.0 Å². The molecule has 1 aliphatic rings. The van der Waals surface area contributed by atoms with E-state index in [1.54, 1.807) is 18.5 Å². The van der Waals surface area contributed by atoms with E-state index in [0.717, 1.165) is 16.9 Å². The van der Waals surface area contributed by atoms with Gasteiger partial charge in [0, 0.05) is 23.6 Å². The predicted octanol–water partition coefficient (Wildman–Crippen LogP) is 3.29. The second-order valence-corrected chi connectivity index (χ2v) is 8.69. The lowest BCUT2D eigenvalue weighted by molar-refractivity contribution is 0.477. The molecule has 3 aromatic rings. The van der Waals surface area contributed by atoms with Gasteiger partial charge in [0.05, 0.1) is 6.20 Å². The van der Waals surface area contributed by atoms with Crippen LogP contribution in [0.1, 0.15) is 37.1 Å². The third kappa shape index (κ3) is 2.83. The van der Waals surface area contributed by atoms with Crippen molar-refractivity contribution < 1.29 is 12.8 Å². The van der Waals surface area contributed by atoms with Crippen molar-refractivity contribution in [2.75, 3.05) is 0 Å². The predicted molar refractivity (Wildman–Crippen MR) is 96.8 cm³/mol. The zero-order chi connectivity index (χ0) is 18.5. The molecule has 0 saturated heterocycles. The number of hydrogen-bond donors (Lipinski definition) is 1. The van der Waals surface area contributed by atoms with Gasteiger partial charge in [0.1, 0.15) is 0 Å². The van der Waals surface area contributed by atoms with Crippen LogP contribution in [0.2, 0.25) is 0 Å². The van der Waals surface area contributed by atoms with Gasteiger partial charge in [-0.15, -0.1) is 0 Å². The molecule has 0 aliphatic heterocycles. The summed E-state index contributed by atoms with van der Waals surface area (Å²) in [7, 11) is -3.79. The van der Waals surface area contributed by atoms with E-state index in [1.165, 1.54) is 6.07 Å². The molecule has 4 rings (SSSR count). The highest BCUT2D eigenvalue weighted by molar-refractivity contribution is 7.89. The van der Waals surface area contributed by atoms with Crippen molar-refractivity contribution in [3.63, 3.8) is 0 Å². The maximum absolute atomic E-state index is 11.4. The van der Waals surface area contributed by atoms with Crippen LogP contribution in [0, 0.1) is 5.41 Å². The molecule has 0 bridgehead atoms. The summed E-state index contributed by atoms with van der Waals surface area (Å²) in [4.78, 5) is 8.47. The monoisotopic (exact) mass is 369 g/mol. The summed E-state index contributed by atoms with van der Waals surface area (Å²) < 4.78 is 28.8. The number of nitrogens with two attached hydrogens (primary N) is 1. The summed E-state index contributed by atoms with van der Waals surface area (Å²) in [6.07, 6.45) is 3.33. The van der Waals surface area contributed by atoms with E-state index in [-0.39, 0.29) is 22.3 Å². The van der Waals surface area contributed by atoms with Crippen molar-refractivity contribution in [2.24, 2.45) is 10.6 Å². The van der Waals surface area contributed by atoms with E-state index < -0.39 is 10.0 Å². The van der Waals surface area contributed by atoms with Gasteiger partial charge in [-0.25, -0.2) is 23.5 Å². The van der Waals surface area contributed by atoms with Gasteiger partial charge in [-0.2, -0.15) is 0 Å². The largest absolute Gasteiger partial charge is 0.440 e. The van der Waals surface area contributed by atoms with Gasteiger partial charge in [-0.1, -0.05) is 50.2 Å². The van der Waals surface area contributed by atoms with Crippen molar-refractivity contribution in [1.29, 1.82) is 0 Å². The average molecular weight is 369 g/mol. The molecule has 6 nitrogen and oxygen atoms in total. The standard InChI is InChI=1S/C19H19N3O3S/c1-19(2)16(13-8-9-15(21-10-13)26(20,23)24)17(19)18-22-11-14(25-18)12-6-4-3-5-7-12/h3-11,16-17H,1-2H3,(H2,20,23,24)/t16-,17+/m1/s1. The maximum Gasteiger partial charge on any atom is 0.255 e. The summed E-state index contributed by atoms with van der Waals surface area (Å²) in [6.45, 7) is 4.28. The second-order valence-electron chi connectivity index (χ2n) is 7.18. The summed E-state index contributed by atoms with van der Waals surface area (Å²) in [5.41, 5.74) is 1.89. The molecule has 0 radical (unpaired) electrons. The Morgan fingerprint density at radius 1 is 1.00 bits per heavy atom. The molecule has 0 amide bonds. The number of primary sulfonamides is 1. The van der Waals surface area contributed by atoms with Crippen LogP contribution >= 0.6 is 0 Å². The number of benzene rings is 1. The maximum atomic E-state index is 11.4. The SMILES string of the molecule is CC1(C)[C@H](c2ccc(S(N)(=O)=O)nc2)[C@H]1c1ncc(-c2ccccc2)o1. The zero-order valence-corrected chi connectivity index (χ0v) is 15.3. The highest BCUT2D eigenvalue weighted by atomic mass is 32.2. The fraction of sp³-hybridized carbons (Fsp3) is 0.263. The van der Waals surface area contributed by atoms with Gasteiger partial charge in [-0.3, -0.25) is 0 Å². The lowest BCUT2D eigenvalue weighted by Crippen LogP contribution is -2.13. The summed E-state index contributed by atoms with van der Waals surface area (Å²) in [5.74, 6) is 1.70. The average Bonchev–Trinajstić information content (AvgIpc) is 2.95. The molecule has 1 saturated carbocycles. The molecule has 2 N–H and O–H groups in total. The number of sulfonamides is 1. The Bertz CT molecular complexity index is 1040. The molecule has 26 heavy (non-hydrogen) atoms. The first-order chi connectivity index (χ1) is 12.3. The van der Waals surface area contributed by atoms with E-state index >= 15 is 0 Å². The van der Waals surface area contributed by atoms with Crippen LogP contribution < -0.4 is 5.14 Å². The summed E-state index contributed by atoms with van der Waals surface area (Å²) in [5, 5.41) is 4.99. The number of pyridine rings is 1. The van der Waals surface area contributed by atoms with E-state index in [2.05, 4.69) is 23.8 Å². The van der Waals surface area contributed by atoms with Crippen molar-refractivity contribution in [1.82, 2.24) is 9.97 Å². The van der Waals surface area contributed by atoms with Crippen LogP contribution in [0.25, 0.3) is 11.3 Å². The van der Waals surface area contributed by atoms with Gasteiger partial charge in [-0.05, 0) is 17.0 Å². The van der Waals surface area contributed by atoms with Crippen LogP contribution in [0.3, 0.4) is 0 Å². The van der Waals surface area contributed by atoms with Crippen molar-refractivity contribution in [2.45, 2.75) is 30.7 Å². The molecule has 2 atom stereocenters. The number of aromatic nitrogens is 2. The summed E-state index contributed by atoms with van der Waals surface area (Å²) in [6, 6.07) is 13.0. The molecule has 0 unspecified atom stereocenters. The Morgan fingerprint density at radius 2 is 1.73 bits per heavy atom. The third-order valence-corrected chi connectivity index (χ3v) is 5.91. The van der Waals surface area contributed by atoms with E-state index in [9.17, 15) is 8.42 Å². The molecule has 7 heteroatoms. The molecular weight excluding hydrogens is 350 g/mol. The fourth-order valence-electron chi connectivity index (χ4n) is 3.63. The molecule has 1 aliphatic carbocycles. The van der Waals surface area contributed by atoms with E-state index in [0.29, 0.717) is 5.89 Å². The first-order valence-corrected chi connectivity index (χ1v) is 9.83. The molecule has 134 valence electrons. The lowest BCUT2D eigenvalue weighted by Gasteiger charge is -2.03. The first kappa shape index (κ1) is 16.9. The quantitative estimate of drug-likeness (QED) is 0.761. The fourth-order valence-corrected chi connectivity index (χ4v) is 4.09. The Hall–Kier alpha value is -2.51. The molecule has 0 spiro atoms. The highest BCUT2D eigenvalue weighted by Crippen LogP contribution is 2.69. The topological polar surface area (TPSA) is 99.1 Å². The Balaban J connectivity index is 1.62. The highest BCUT2D eigenvalue weighted by Gasteiger charge is 2.61. The molecule has 1 fully saturated rings. The van der Waals surface area contributed by atoms with Gasteiger partial charge >= 0.3 is 0 Å². The minimum Gasteiger partial charge on any atom is -0.440 e. The first-order valence-electron chi connectivity index (χ1n) is 8.28. The Kier molecular flexibility index (Phi) is 3.75. The normalized spacial score (nSPS) is 21.5. The van der Waals surface area contributed by atoms with E-state index in [1.807, 2.05) is 30.3 Å². The number of hydrogen-bond acceptors (Lipinski definition) is 5. The van der Waals surface area contributed by atoms with Crippen LogP contribution in [-0.2, 0) is 10.0 Å². The lowest BCUT2D eigenvalue weighted by atomic mass is 10.1. The van der Waals surface area contributed by atoms with Gasteiger partial charge < -0.3 is 4.42 Å². The number of rotatable bonds is 4. The molecule has 2 aromatic heterocycles. The zero-order valence-electron chi connectivity index (χ0n) is 14.5.